The lowest BCUT2D eigenvalue weighted by Gasteiger charge is -2.19. The predicted molar refractivity (Wildman–Crippen MR) is 82.4 cm³/mol. The van der Waals surface area contributed by atoms with Crippen LogP contribution in [0.1, 0.15) is 5.56 Å². The number of hydrogen-bond acceptors (Lipinski definition) is 4. The van der Waals surface area contributed by atoms with Crippen LogP contribution in [0.25, 0.3) is 6.08 Å². The molecule has 5 heteroatoms. The maximum Gasteiger partial charge on any atom is 0.314 e. The standard InChI is InChI=1S/C15H19NO3S/c1-16-14(17)13(20-3)12(15(18)19-2)10-9-11-7-5-4-6-8-11/h4-10,12-13H,1-3H3,(H,16,17)/b10-9+/t12-,13-/m0/s1. The first kappa shape index (κ1) is 16.3. The van der Waals surface area contributed by atoms with Crippen LogP contribution in [0.3, 0.4) is 0 Å². The molecule has 108 valence electrons. The third-order valence-electron chi connectivity index (χ3n) is 2.85. The van der Waals surface area contributed by atoms with E-state index in [1.807, 2.05) is 36.4 Å². The third kappa shape index (κ3) is 4.42. The van der Waals surface area contributed by atoms with Gasteiger partial charge in [-0.05, 0) is 11.8 Å². The van der Waals surface area contributed by atoms with Gasteiger partial charge in [0.1, 0.15) is 5.25 Å². The zero-order chi connectivity index (χ0) is 15.0. The monoisotopic (exact) mass is 293 g/mol. The molecule has 0 unspecified atom stereocenters. The summed E-state index contributed by atoms with van der Waals surface area (Å²) in [6, 6.07) is 9.61. The number of ether oxygens (including phenoxy) is 1. The van der Waals surface area contributed by atoms with Gasteiger partial charge in [-0.3, -0.25) is 9.59 Å². The van der Waals surface area contributed by atoms with Gasteiger partial charge in [-0.25, -0.2) is 0 Å². The molecule has 0 bridgehead atoms. The molecule has 0 aliphatic rings. The summed E-state index contributed by atoms with van der Waals surface area (Å²) in [7, 11) is 2.88. The van der Waals surface area contributed by atoms with Gasteiger partial charge in [-0.1, -0.05) is 42.5 Å². The van der Waals surface area contributed by atoms with Gasteiger partial charge in [-0.15, -0.1) is 0 Å². The van der Waals surface area contributed by atoms with Crippen molar-refractivity contribution < 1.29 is 14.3 Å². The summed E-state index contributed by atoms with van der Waals surface area (Å²) < 4.78 is 4.79. The smallest absolute Gasteiger partial charge is 0.314 e. The molecule has 0 aliphatic heterocycles. The summed E-state index contributed by atoms with van der Waals surface area (Å²) in [5.41, 5.74) is 0.971. The maximum absolute atomic E-state index is 11.9. The van der Waals surface area contributed by atoms with E-state index in [4.69, 9.17) is 4.74 Å². The predicted octanol–water partition coefficient (Wildman–Crippen LogP) is 1.97. The summed E-state index contributed by atoms with van der Waals surface area (Å²) >= 11 is 1.33. The summed E-state index contributed by atoms with van der Waals surface area (Å²) in [6.45, 7) is 0. The first-order valence-corrected chi connectivity index (χ1v) is 7.48. The van der Waals surface area contributed by atoms with Gasteiger partial charge in [0, 0.05) is 7.05 Å². The van der Waals surface area contributed by atoms with Gasteiger partial charge in [0.2, 0.25) is 5.91 Å². The number of benzene rings is 1. The molecule has 0 spiro atoms. The van der Waals surface area contributed by atoms with Crippen molar-refractivity contribution in [3.63, 3.8) is 0 Å². The minimum atomic E-state index is -0.616. The van der Waals surface area contributed by atoms with Crippen molar-refractivity contribution in [2.75, 3.05) is 20.4 Å². The van der Waals surface area contributed by atoms with E-state index in [1.165, 1.54) is 18.9 Å². The van der Waals surface area contributed by atoms with Crippen LogP contribution < -0.4 is 5.32 Å². The van der Waals surface area contributed by atoms with Crippen LogP contribution >= 0.6 is 11.8 Å². The molecule has 1 aromatic carbocycles. The Bertz CT molecular complexity index is 473. The molecule has 0 saturated carbocycles. The highest BCUT2D eigenvalue weighted by atomic mass is 32.2. The van der Waals surface area contributed by atoms with Gasteiger partial charge in [-0.2, -0.15) is 11.8 Å². The van der Waals surface area contributed by atoms with Gasteiger partial charge < -0.3 is 10.1 Å². The minimum Gasteiger partial charge on any atom is -0.469 e. The number of carbonyl (C=O) groups excluding carboxylic acids is 2. The fourth-order valence-corrected chi connectivity index (χ4v) is 2.60. The average Bonchev–Trinajstić information content (AvgIpc) is 2.51. The van der Waals surface area contributed by atoms with Crippen molar-refractivity contribution in [3.8, 4) is 0 Å². The summed E-state index contributed by atoms with van der Waals surface area (Å²) in [4.78, 5) is 23.7. The molecule has 1 rings (SSSR count). The summed E-state index contributed by atoms with van der Waals surface area (Å²) in [6.07, 6.45) is 5.34. The van der Waals surface area contributed by atoms with Crippen LogP contribution in [0.4, 0.5) is 0 Å². The lowest BCUT2D eigenvalue weighted by Crippen LogP contribution is -2.38. The summed E-state index contributed by atoms with van der Waals surface area (Å²) in [5, 5.41) is 2.07. The van der Waals surface area contributed by atoms with Crippen LogP contribution in [-0.2, 0) is 14.3 Å². The Morgan fingerprint density at radius 1 is 1.30 bits per heavy atom. The first-order valence-electron chi connectivity index (χ1n) is 6.19. The van der Waals surface area contributed by atoms with E-state index >= 15 is 0 Å². The zero-order valence-corrected chi connectivity index (χ0v) is 12.6. The quantitative estimate of drug-likeness (QED) is 0.815. The number of nitrogens with one attached hydrogen (secondary N) is 1. The fourth-order valence-electron chi connectivity index (χ4n) is 1.78. The molecule has 20 heavy (non-hydrogen) atoms. The van der Waals surface area contributed by atoms with Crippen molar-refractivity contribution in [3.05, 3.63) is 42.0 Å². The number of rotatable bonds is 6. The van der Waals surface area contributed by atoms with Crippen molar-refractivity contribution in [1.82, 2.24) is 5.32 Å². The minimum absolute atomic E-state index is 0.189. The molecule has 0 saturated heterocycles. The molecular formula is C15H19NO3S. The van der Waals surface area contributed by atoms with Crippen LogP contribution in [0, 0.1) is 5.92 Å². The second kappa shape index (κ2) is 8.43. The van der Waals surface area contributed by atoms with E-state index in [2.05, 4.69) is 5.32 Å². The Morgan fingerprint density at radius 3 is 2.45 bits per heavy atom. The van der Waals surface area contributed by atoms with Crippen LogP contribution in [0.2, 0.25) is 0 Å². The Kier molecular flexibility index (Phi) is 6.87. The van der Waals surface area contributed by atoms with Crippen molar-refractivity contribution in [1.29, 1.82) is 0 Å². The van der Waals surface area contributed by atoms with Crippen LogP contribution in [0.15, 0.2) is 36.4 Å². The van der Waals surface area contributed by atoms with E-state index in [0.717, 1.165) is 5.56 Å². The van der Waals surface area contributed by atoms with Crippen LogP contribution in [0.5, 0.6) is 0 Å². The third-order valence-corrected chi connectivity index (χ3v) is 3.87. The molecule has 0 aliphatic carbocycles. The highest BCUT2D eigenvalue weighted by Crippen LogP contribution is 2.21. The van der Waals surface area contributed by atoms with Crippen molar-refractivity contribution in [2.24, 2.45) is 5.92 Å². The normalized spacial score (nSPS) is 13.8. The van der Waals surface area contributed by atoms with E-state index < -0.39 is 17.1 Å². The highest BCUT2D eigenvalue weighted by Gasteiger charge is 2.31. The Labute approximate surface area is 123 Å². The zero-order valence-electron chi connectivity index (χ0n) is 11.8. The Hall–Kier alpha value is -1.75. The first-order chi connectivity index (χ1) is 9.63. The second-order valence-electron chi connectivity index (χ2n) is 4.09. The second-order valence-corrected chi connectivity index (χ2v) is 5.07. The van der Waals surface area contributed by atoms with Gasteiger partial charge >= 0.3 is 5.97 Å². The lowest BCUT2D eigenvalue weighted by molar-refractivity contribution is -0.145. The molecular weight excluding hydrogens is 274 g/mol. The Morgan fingerprint density at radius 2 is 1.95 bits per heavy atom. The van der Waals surface area contributed by atoms with E-state index in [1.54, 1.807) is 19.4 Å². The number of hydrogen-bond donors (Lipinski definition) is 1. The molecule has 0 heterocycles. The molecule has 0 radical (unpaired) electrons. The van der Waals surface area contributed by atoms with Gasteiger partial charge in [0.25, 0.3) is 0 Å². The number of carbonyl (C=O) groups is 2. The fraction of sp³-hybridized carbons (Fsp3) is 0.333. The Balaban J connectivity index is 2.97. The van der Waals surface area contributed by atoms with Crippen LogP contribution in [-0.4, -0.2) is 37.5 Å². The van der Waals surface area contributed by atoms with Gasteiger partial charge in [0.15, 0.2) is 0 Å². The summed E-state index contributed by atoms with van der Waals surface area (Å²) in [5.74, 6) is -1.22. The SMILES string of the molecule is CNC(=O)[C@@H](SC)[C@H](/C=C/c1ccccc1)C(=O)OC. The van der Waals surface area contributed by atoms with E-state index in [-0.39, 0.29) is 5.91 Å². The number of thioether (sulfide) groups is 1. The number of amides is 1. The molecule has 2 atom stereocenters. The molecule has 1 aromatic rings. The average molecular weight is 293 g/mol. The maximum atomic E-state index is 11.9. The largest absolute Gasteiger partial charge is 0.469 e. The molecule has 0 aromatic heterocycles. The van der Waals surface area contributed by atoms with Gasteiger partial charge in [0.05, 0.1) is 13.0 Å². The van der Waals surface area contributed by atoms with E-state index in [9.17, 15) is 9.59 Å². The van der Waals surface area contributed by atoms with E-state index in [0.29, 0.717) is 0 Å². The molecule has 4 nitrogen and oxygen atoms in total. The number of methoxy groups -OCH3 is 1. The van der Waals surface area contributed by atoms with Crippen molar-refractivity contribution >= 4 is 29.7 Å². The molecule has 1 N–H and O–H groups in total. The molecule has 0 fully saturated rings. The highest BCUT2D eigenvalue weighted by molar-refractivity contribution is 8.00. The van der Waals surface area contributed by atoms with Crippen molar-refractivity contribution in [2.45, 2.75) is 5.25 Å². The number of esters is 1. The molecule has 1 amide bonds. The lowest BCUT2D eigenvalue weighted by atomic mass is 10.0. The topological polar surface area (TPSA) is 55.4 Å².